The van der Waals surface area contributed by atoms with Gasteiger partial charge in [0.2, 0.25) is 5.91 Å². The van der Waals surface area contributed by atoms with Crippen LogP contribution in [0.1, 0.15) is 50.0 Å². The maximum atomic E-state index is 13.2. The third-order valence-electron chi connectivity index (χ3n) is 6.88. The number of benzene rings is 1. The Balaban J connectivity index is 1.41. The first-order valence-corrected chi connectivity index (χ1v) is 10.4. The van der Waals surface area contributed by atoms with Crippen LogP contribution < -0.4 is 0 Å². The minimum absolute atomic E-state index is 0.0701. The first kappa shape index (κ1) is 18.5. The minimum Gasteiger partial charge on any atom is -0.481 e. The van der Waals surface area contributed by atoms with Crippen LogP contribution in [0.3, 0.4) is 0 Å². The van der Waals surface area contributed by atoms with Gasteiger partial charge in [0.15, 0.2) is 0 Å². The lowest BCUT2D eigenvalue weighted by Gasteiger charge is -2.38. The lowest BCUT2D eigenvalue weighted by atomic mass is 9.75. The lowest BCUT2D eigenvalue weighted by molar-refractivity contribution is -0.153. The minimum atomic E-state index is -0.795. The number of carboxylic acids is 1. The first-order chi connectivity index (χ1) is 13.1. The third-order valence-corrected chi connectivity index (χ3v) is 6.88. The van der Waals surface area contributed by atoms with Crippen molar-refractivity contribution in [2.75, 3.05) is 26.2 Å². The molecule has 27 heavy (non-hydrogen) atoms. The van der Waals surface area contributed by atoms with Crippen LogP contribution in [-0.2, 0) is 9.59 Å². The molecule has 4 atom stereocenters. The van der Waals surface area contributed by atoms with Crippen molar-refractivity contribution in [3.05, 3.63) is 35.9 Å². The third kappa shape index (κ3) is 3.88. The van der Waals surface area contributed by atoms with Crippen LogP contribution in [0.4, 0.5) is 0 Å². The predicted molar refractivity (Wildman–Crippen MR) is 103 cm³/mol. The molecule has 3 fully saturated rings. The molecule has 2 heterocycles. The molecule has 5 heteroatoms. The molecule has 0 aromatic heterocycles. The average Bonchev–Trinajstić information content (AvgIpc) is 3.40. The van der Waals surface area contributed by atoms with Gasteiger partial charge in [0.25, 0.3) is 0 Å². The monoisotopic (exact) mass is 370 g/mol. The fourth-order valence-corrected chi connectivity index (χ4v) is 5.35. The van der Waals surface area contributed by atoms with Crippen LogP contribution in [0, 0.1) is 11.8 Å². The van der Waals surface area contributed by atoms with Crippen molar-refractivity contribution >= 4 is 11.9 Å². The fraction of sp³-hybridized carbons (Fsp3) is 0.636. The summed E-state index contributed by atoms with van der Waals surface area (Å²) in [5, 5.41) is 9.80. The van der Waals surface area contributed by atoms with E-state index in [-0.39, 0.29) is 11.8 Å². The summed E-state index contributed by atoms with van der Waals surface area (Å²) in [4.78, 5) is 29.5. The van der Waals surface area contributed by atoms with Crippen molar-refractivity contribution in [2.45, 2.75) is 50.5 Å². The van der Waals surface area contributed by atoms with Crippen molar-refractivity contribution in [2.24, 2.45) is 11.8 Å². The van der Waals surface area contributed by atoms with Crippen LogP contribution in [-0.4, -0.2) is 59.0 Å². The highest BCUT2D eigenvalue weighted by Gasteiger charge is 2.43. The van der Waals surface area contributed by atoms with Crippen LogP contribution in [0.25, 0.3) is 0 Å². The highest BCUT2D eigenvalue weighted by molar-refractivity contribution is 5.85. The second-order valence-corrected chi connectivity index (χ2v) is 8.44. The molecule has 1 aromatic carbocycles. The standard InChI is InChI=1S/C22H30N2O3/c25-21(24-13-10-17(15-24)16-6-2-1-3-7-16)19-9-8-18(14-20(19)22(26)27)23-11-4-5-12-23/h1-3,6-7,17-20H,4-5,8-15H2,(H,26,27). The van der Waals surface area contributed by atoms with E-state index < -0.39 is 11.9 Å². The number of carbonyl (C=O) groups excluding carboxylic acids is 1. The molecule has 1 aliphatic carbocycles. The van der Waals surface area contributed by atoms with Gasteiger partial charge < -0.3 is 14.9 Å². The van der Waals surface area contributed by atoms with Crippen molar-refractivity contribution in [3.8, 4) is 0 Å². The van der Waals surface area contributed by atoms with E-state index in [4.69, 9.17) is 0 Å². The maximum Gasteiger partial charge on any atom is 0.307 e. The SMILES string of the molecule is O=C(O)C1CC(N2CCCC2)CCC1C(=O)N1CCC(c2ccccc2)C1. The van der Waals surface area contributed by atoms with Crippen LogP contribution >= 0.6 is 0 Å². The molecule has 146 valence electrons. The number of carbonyl (C=O) groups is 2. The molecular weight excluding hydrogens is 340 g/mol. The van der Waals surface area contributed by atoms with E-state index in [2.05, 4.69) is 17.0 Å². The molecular formula is C22H30N2O3. The molecule has 3 aliphatic rings. The van der Waals surface area contributed by atoms with E-state index in [0.29, 0.717) is 24.8 Å². The summed E-state index contributed by atoms with van der Waals surface area (Å²) in [7, 11) is 0. The van der Waals surface area contributed by atoms with Crippen molar-refractivity contribution in [1.82, 2.24) is 9.80 Å². The van der Waals surface area contributed by atoms with E-state index in [1.54, 1.807) is 0 Å². The summed E-state index contributed by atoms with van der Waals surface area (Å²) in [6, 6.07) is 10.7. The number of rotatable bonds is 4. The topological polar surface area (TPSA) is 60.9 Å². The molecule has 4 rings (SSSR count). The Morgan fingerprint density at radius 3 is 2.37 bits per heavy atom. The van der Waals surface area contributed by atoms with Gasteiger partial charge in [0, 0.05) is 25.0 Å². The van der Waals surface area contributed by atoms with Gasteiger partial charge in [-0.2, -0.15) is 0 Å². The Morgan fingerprint density at radius 1 is 0.926 bits per heavy atom. The highest BCUT2D eigenvalue weighted by Crippen LogP contribution is 2.37. The summed E-state index contributed by atoms with van der Waals surface area (Å²) in [5.41, 5.74) is 1.28. The number of aliphatic carboxylic acids is 1. The van der Waals surface area contributed by atoms with Crippen LogP contribution in [0.15, 0.2) is 30.3 Å². The molecule has 1 amide bonds. The number of hydrogen-bond acceptors (Lipinski definition) is 3. The normalized spacial score (nSPS) is 31.9. The smallest absolute Gasteiger partial charge is 0.307 e. The second kappa shape index (κ2) is 8.01. The summed E-state index contributed by atoms with van der Waals surface area (Å²) >= 11 is 0. The van der Waals surface area contributed by atoms with E-state index >= 15 is 0 Å². The van der Waals surface area contributed by atoms with Gasteiger partial charge in [-0.15, -0.1) is 0 Å². The van der Waals surface area contributed by atoms with E-state index in [0.717, 1.165) is 39.0 Å². The Morgan fingerprint density at radius 2 is 1.67 bits per heavy atom. The molecule has 1 saturated carbocycles. The zero-order valence-electron chi connectivity index (χ0n) is 15.9. The number of nitrogens with zero attached hydrogens (tertiary/aromatic N) is 2. The van der Waals surface area contributed by atoms with E-state index in [9.17, 15) is 14.7 Å². The predicted octanol–water partition coefficient (Wildman–Crippen LogP) is 2.97. The summed E-state index contributed by atoms with van der Waals surface area (Å²) in [5.74, 6) is -1.24. The molecule has 0 spiro atoms. The van der Waals surface area contributed by atoms with E-state index in [1.807, 2.05) is 23.1 Å². The van der Waals surface area contributed by atoms with Crippen molar-refractivity contribution in [3.63, 3.8) is 0 Å². The summed E-state index contributed by atoms with van der Waals surface area (Å²) in [6.45, 7) is 3.64. The average molecular weight is 370 g/mol. The first-order valence-electron chi connectivity index (χ1n) is 10.4. The Bertz CT molecular complexity index is 671. The van der Waals surface area contributed by atoms with Crippen molar-refractivity contribution < 1.29 is 14.7 Å². The summed E-state index contributed by atoms with van der Waals surface area (Å²) < 4.78 is 0. The molecule has 1 aromatic rings. The number of likely N-dealkylation sites (tertiary alicyclic amines) is 2. The van der Waals surface area contributed by atoms with Gasteiger partial charge in [-0.3, -0.25) is 9.59 Å². The largest absolute Gasteiger partial charge is 0.481 e. The van der Waals surface area contributed by atoms with Gasteiger partial charge in [-0.1, -0.05) is 30.3 Å². The van der Waals surface area contributed by atoms with Crippen LogP contribution in [0.2, 0.25) is 0 Å². The van der Waals surface area contributed by atoms with Gasteiger partial charge in [-0.05, 0) is 57.2 Å². The summed E-state index contributed by atoms with van der Waals surface area (Å²) in [6.07, 6.45) is 5.69. The van der Waals surface area contributed by atoms with Crippen molar-refractivity contribution in [1.29, 1.82) is 0 Å². The number of hydrogen-bond donors (Lipinski definition) is 1. The Hall–Kier alpha value is -1.88. The van der Waals surface area contributed by atoms with Gasteiger partial charge in [0.05, 0.1) is 11.8 Å². The molecule has 2 aliphatic heterocycles. The zero-order chi connectivity index (χ0) is 18.8. The zero-order valence-corrected chi connectivity index (χ0v) is 15.9. The Kier molecular flexibility index (Phi) is 5.48. The van der Waals surface area contributed by atoms with E-state index in [1.165, 1.54) is 18.4 Å². The molecule has 0 bridgehead atoms. The Labute approximate surface area is 161 Å². The second-order valence-electron chi connectivity index (χ2n) is 8.44. The maximum absolute atomic E-state index is 13.2. The lowest BCUT2D eigenvalue weighted by Crippen LogP contribution is -2.47. The fourth-order valence-electron chi connectivity index (χ4n) is 5.35. The molecule has 1 N–H and O–H groups in total. The van der Waals surface area contributed by atoms with Gasteiger partial charge >= 0.3 is 5.97 Å². The number of amides is 1. The number of carboxylic acid groups (broad SMARTS) is 1. The van der Waals surface area contributed by atoms with Gasteiger partial charge in [0.1, 0.15) is 0 Å². The molecule has 0 radical (unpaired) electrons. The quantitative estimate of drug-likeness (QED) is 0.885. The molecule has 4 unspecified atom stereocenters. The molecule has 2 saturated heterocycles. The molecule has 5 nitrogen and oxygen atoms in total. The van der Waals surface area contributed by atoms with Crippen LogP contribution in [0.5, 0.6) is 0 Å². The van der Waals surface area contributed by atoms with Gasteiger partial charge in [-0.25, -0.2) is 0 Å². The highest BCUT2D eigenvalue weighted by atomic mass is 16.4.